The summed E-state index contributed by atoms with van der Waals surface area (Å²) < 4.78 is 29.8. The molecule has 0 aliphatic heterocycles. The number of hydrogen-bond acceptors (Lipinski definition) is 3. The highest BCUT2D eigenvalue weighted by atomic mass is 19.3. The summed E-state index contributed by atoms with van der Waals surface area (Å²) >= 11 is 0. The molecular formula is C8H10F2N2O2. The van der Waals surface area contributed by atoms with Gasteiger partial charge in [0.25, 0.3) is 6.43 Å². The molecule has 0 saturated carbocycles. The van der Waals surface area contributed by atoms with Gasteiger partial charge in [-0.2, -0.15) is 0 Å². The number of aryl methyl sites for hydroxylation is 1. The number of esters is 1. The molecule has 0 unspecified atom stereocenters. The molecule has 0 aliphatic carbocycles. The molecule has 1 aromatic rings. The second-order valence-electron chi connectivity index (χ2n) is 2.68. The van der Waals surface area contributed by atoms with Crippen molar-refractivity contribution < 1.29 is 18.3 Å². The maximum atomic E-state index is 12.1. The van der Waals surface area contributed by atoms with Gasteiger partial charge in [-0.05, 0) is 6.92 Å². The zero-order chi connectivity index (χ0) is 10.7. The minimum Gasteiger partial charge on any atom is -0.464 e. The van der Waals surface area contributed by atoms with Crippen molar-refractivity contribution in [1.29, 1.82) is 0 Å². The molecule has 0 bridgehead atoms. The molecular weight excluding hydrogens is 194 g/mol. The van der Waals surface area contributed by atoms with Crippen LogP contribution in [-0.4, -0.2) is 29.1 Å². The van der Waals surface area contributed by atoms with Crippen LogP contribution in [0.3, 0.4) is 0 Å². The molecule has 6 heteroatoms. The first-order valence-corrected chi connectivity index (χ1v) is 3.95. The van der Waals surface area contributed by atoms with E-state index in [2.05, 4.69) is 9.72 Å². The maximum Gasteiger partial charge on any atom is 0.356 e. The van der Waals surface area contributed by atoms with Crippen LogP contribution < -0.4 is 0 Å². The summed E-state index contributed by atoms with van der Waals surface area (Å²) in [6, 6.07) is 0. The Balaban J connectivity index is 2.99. The molecule has 0 aromatic carbocycles. The number of carbonyl (C=O) groups is 1. The largest absolute Gasteiger partial charge is 0.464 e. The number of halogens is 2. The molecule has 1 rings (SSSR count). The molecule has 1 heterocycles. The van der Waals surface area contributed by atoms with Crippen LogP contribution in [0.25, 0.3) is 0 Å². The number of alkyl halides is 2. The molecule has 0 amide bonds. The van der Waals surface area contributed by atoms with Crippen molar-refractivity contribution in [1.82, 2.24) is 9.55 Å². The highest BCUT2D eigenvalue weighted by molar-refractivity contribution is 5.87. The average molecular weight is 204 g/mol. The van der Waals surface area contributed by atoms with E-state index in [1.807, 2.05) is 0 Å². The fourth-order valence-electron chi connectivity index (χ4n) is 1.10. The van der Waals surface area contributed by atoms with Gasteiger partial charge in [-0.25, -0.2) is 18.6 Å². The number of rotatable bonds is 3. The molecule has 0 aliphatic rings. The molecule has 14 heavy (non-hydrogen) atoms. The van der Waals surface area contributed by atoms with Crippen LogP contribution in [0.5, 0.6) is 0 Å². The van der Waals surface area contributed by atoms with E-state index in [0.29, 0.717) is 5.82 Å². The summed E-state index contributed by atoms with van der Waals surface area (Å²) in [6.45, 7) is 1.01. The van der Waals surface area contributed by atoms with Gasteiger partial charge in [0.1, 0.15) is 11.5 Å². The number of carbonyl (C=O) groups excluding carboxylic acids is 1. The van der Waals surface area contributed by atoms with Crippen molar-refractivity contribution in [3.05, 3.63) is 17.7 Å². The second-order valence-corrected chi connectivity index (χ2v) is 2.68. The number of imidazole rings is 1. The van der Waals surface area contributed by atoms with Crippen molar-refractivity contribution >= 4 is 5.97 Å². The van der Waals surface area contributed by atoms with Crippen LogP contribution >= 0.6 is 0 Å². The first kappa shape index (κ1) is 10.6. The van der Waals surface area contributed by atoms with Crippen LogP contribution in [0, 0.1) is 6.92 Å². The van der Waals surface area contributed by atoms with Crippen molar-refractivity contribution in [3.8, 4) is 0 Å². The fraction of sp³-hybridized carbons (Fsp3) is 0.500. The first-order chi connectivity index (χ1) is 6.56. The lowest BCUT2D eigenvalue weighted by molar-refractivity contribution is 0.0579. The van der Waals surface area contributed by atoms with Crippen LogP contribution in [0.2, 0.25) is 0 Å². The molecule has 0 fully saturated rings. The molecule has 4 nitrogen and oxygen atoms in total. The van der Waals surface area contributed by atoms with Crippen LogP contribution in [0.4, 0.5) is 8.78 Å². The highest BCUT2D eigenvalue weighted by Gasteiger charge is 2.17. The predicted molar refractivity (Wildman–Crippen MR) is 44.3 cm³/mol. The standard InChI is InChI=1S/C8H10F2N2O2/c1-5-11-3-6(8(13)14-2)12(5)4-7(9)10/h3,7H,4H2,1-2H3. The van der Waals surface area contributed by atoms with Gasteiger partial charge in [-0.3, -0.25) is 0 Å². The lowest BCUT2D eigenvalue weighted by atomic mass is 10.4. The van der Waals surface area contributed by atoms with Gasteiger partial charge >= 0.3 is 5.97 Å². The van der Waals surface area contributed by atoms with Crippen molar-refractivity contribution in [2.75, 3.05) is 7.11 Å². The van der Waals surface area contributed by atoms with Gasteiger partial charge in [0.05, 0.1) is 19.9 Å². The summed E-state index contributed by atoms with van der Waals surface area (Å²) in [5.41, 5.74) is 0.0466. The molecule has 0 N–H and O–H groups in total. The van der Waals surface area contributed by atoms with Gasteiger partial charge < -0.3 is 9.30 Å². The summed E-state index contributed by atoms with van der Waals surface area (Å²) in [6.07, 6.45) is -1.30. The van der Waals surface area contributed by atoms with E-state index in [-0.39, 0.29) is 5.69 Å². The van der Waals surface area contributed by atoms with Gasteiger partial charge in [0, 0.05) is 0 Å². The lowest BCUT2D eigenvalue weighted by Crippen LogP contribution is -2.15. The van der Waals surface area contributed by atoms with E-state index in [4.69, 9.17) is 0 Å². The lowest BCUT2D eigenvalue weighted by Gasteiger charge is -2.07. The Morgan fingerprint density at radius 1 is 1.71 bits per heavy atom. The van der Waals surface area contributed by atoms with E-state index < -0.39 is 18.9 Å². The number of nitrogens with zero attached hydrogens (tertiary/aromatic N) is 2. The Morgan fingerprint density at radius 2 is 2.36 bits per heavy atom. The second kappa shape index (κ2) is 4.17. The zero-order valence-corrected chi connectivity index (χ0v) is 7.83. The minimum atomic E-state index is -2.52. The van der Waals surface area contributed by atoms with Crippen molar-refractivity contribution in [2.24, 2.45) is 0 Å². The van der Waals surface area contributed by atoms with Crippen LogP contribution in [0.15, 0.2) is 6.20 Å². The number of aromatic nitrogens is 2. The Hall–Kier alpha value is -1.46. The Kier molecular flexibility index (Phi) is 3.16. The Labute approximate surface area is 79.5 Å². The Morgan fingerprint density at radius 3 is 2.86 bits per heavy atom. The number of ether oxygens (including phenoxy) is 1. The SMILES string of the molecule is COC(=O)c1cnc(C)n1CC(F)F. The third-order valence-corrected chi connectivity index (χ3v) is 1.77. The van der Waals surface area contributed by atoms with Gasteiger partial charge in [0.15, 0.2) is 0 Å². The third-order valence-electron chi connectivity index (χ3n) is 1.77. The minimum absolute atomic E-state index is 0.0466. The van der Waals surface area contributed by atoms with Gasteiger partial charge in [-0.15, -0.1) is 0 Å². The van der Waals surface area contributed by atoms with Crippen LogP contribution in [0.1, 0.15) is 16.3 Å². The topological polar surface area (TPSA) is 44.1 Å². The van der Waals surface area contributed by atoms with Gasteiger partial charge in [-0.1, -0.05) is 0 Å². The number of methoxy groups -OCH3 is 1. The summed E-state index contributed by atoms with van der Waals surface area (Å²) in [7, 11) is 1.19. The van der Waals surface area contributed by atoms with Crippen molar-refractivity contribution in [2.45, 2.75) is 19.9 Å². The van der Waals surface area contributed by atoms with E-state index in [0.717, 1.165) is 4.57 Å². The summed E-state index contributed by atoms with van der Waals surface area (Å²) in [4.78, 5) is 14.9. The Bertz CT molecular complexity index is 336. The molecule has 78 valence electrons. The zero-order valence-electron chi connectivity index (χ0n) is 7.83. The van der Waals surface area contributed by atoms with E-state index >= 15 is 0 Å². The third kappa shape index (κ3) is 2.07. The molecule has 0 saturated heterocycles. The predicted octanol–water partition coefficient (Wildman–Crippen LogP) is 1.24. The average Bonchev–Trinajstić information content (AvgIpc) is 2.46. The normalized spacial score (nSPS) is 10.6. The van der Waals surface area contributed by atoms with E-state index in [1.54, 1.807) is 6.92 Å². The van der Waals surface area contributed by atoms with Crippen LogP contribution in [-0.2, 0) is 11.3 Å². The quantitative estimate of drug-likeness (QED) is 0.696. The highest BCUT2D eigenvalue weighted by Crippen LogP contribution is 2.09. The molecule has 0 spiro atoms. The van der Waals surface area contributed by atoms with E-state index in [1.165, 1.54) is 13.3 Å². The first-order valence-electron chi connectivity index (χ1n) is 3.95. The van der Waals surface area contributed by atoms with Crippen molar-refractivity contribution in [3.63, 3.8) is 0 Å². The monoisotopic (exact) mass is 204 g/mol. The summed E-state index contributed by atoms with van der Waals surface area (Å²) in [5.74, 6) is -0.294. The number of hydrogen-bond donors (Lipinski definition) is 0. The smallest absolute Gasteiger partial charge is 0.356 e. The maximum absolute atomic E-state index is 12.1. The molecule has 0 atom stereocenters. The molecule has 0 radical (unpaired) electrons. The fourth-order valence-corrected chi connectivity index (χ4v) is 1.10. The molecule has 1 aromatic heterocycles. The summed E-state index contributed by atoms with van der Waals surface area (Å²) in [5, 5.41) is 0. The van der Waals surface area contributed by atoms with Gasteiger partial charge in [0.2, 0.25) is 0 Å². The van der Waals surface area contributed by atoms with E-state index in [9.17, 15) is 13.6 Å².